The molecular formula is C18H16F3N7. The van der Waals surface area contributed by atoms with Gasteiger partial charge in [0.05, 0.1) is 29.9 Å². The molecule has 3 heterocycles. The van der Waals surface area contributed by atoms with Crippen LogP contribution in [0.25, 0.3) is 27.0 Å². The van der Waals surface area contributed by atoms with Gasteiger partial charge in [0.25, 0.3) is 0 Å². The van der Waals surface area contributed by atoms with E-state index in [2.05, 4.69) is 30.4 Å². The molecule has 2 fully saturated rings. The Morgan fingerprint density at radius 3 is 2.79 bits per heavy atom. The molecule has 2 saturated carbocycles. The fourth-order valence-electron chi connectivity index (χ4n) is 4.14. The van der Waals surface area contributed by atoms with Gasteiger partial charge in [-0.15, -0.1) is 0 Å². The number of hydrogen-bond acceptors (Lipinski definition) is 4. The van der Waals surface area contributed by atoms with Gasteiger partial charge in [0, 0.05) is 18.0 Å². The summed E-state index contributed by atoms with van der Waals surface area (Å²) in [6.07, 6.45) is 4.35. The van der Waals surface area contributed by atoms with Crippen molar-refractivity contribution in [3.63, 3.8) is 0 Å². The highest BCUT2D eigenvalue weighted by atomic mass is 19.4. The molecule has 2 aliphatic carbocycles. The Kier molecular flexibility index (Phi) is 3.33. The summed E-state index contributed by atoms with van der Waals surface area (Å²) in [7, 11) is 0. The molecule has 28 heavy (non-hydrogen) atoms. The molecule has 0 aliphatic heterocycles. The van der Waals surface area contributed by atoms with Crippen LogP contribution in [-0.2, 0) is 5.66 Å². The summed E-state index contributed by atoms with van der Waals surface area (Å²) in [5.74, 6) is 0.104. The van der Waals surface area contributed by atoms with E-state index in [-0.39, 0.29) is 5.82 Å². The van der Waals surface area contributed by atoms with E-state index in [0.29, 0.717) is 27.6 Å². The maximum atomic E-state index is 12.6. The average molecular weight is 387 g/mol. The fraction of sp³-hybridized carbons (Fsp3) is 0.444. The molecule has 0 radical (unpaired) electrons. The summed E-state index contributed by atoms with van der Waals surface area (Å²) in [6, 6.07) is 1.65. The number of rotatable bonds is 4. The molecule has 144 valence electrons. The van der Waals surface area contributed by atoms with Crippen molar-refractivity contribution < 1.29 is 13.2 Å². The number of nitrogens with one attached hydrogen (secondary N) is 2. The van der Waals surface area contributed by atoms with Crippen molar-refractivity contribution >= 4 is 16.7 Å². The fourth-order valence-corrected chi connectivity index (χ4v) is 4.14. The van der Waals surface area contributed by atoms with Gasteiger partial charge in [-0.1, -0.05) is 0 Å². The van der Waals surface area contributed by atoms with Crippen LogP contribution in [-0.4, -0.2) is 37.7 Å². The van der Waals surface area contributed by atoms with E-state index in [1.807, 2.05) is 0 Å². The predicted octanol–water partition coefficient (Wildman–Crippen LogP) is 3.94. The largest absolute Gasteiger partial charge is 0.405 e. The third-order valence-corrected chi connectivity index (χ3v) is 5.70. The molecule has 0 bridgehead atoms. The number of anilines is 1. The minimum Gasteiger partial charge on any atom is -0.361 e. The van der Waals surface area contributed by atoms with Crippen molar-refractivity contribution in [2.24, 2.45) is 5.41 Å². The van der Waals surface area contributed by atoms with Crippen LogP contribution in [0.5, 0.6) is 0 Å². The predicted molar refractivity (Wildman–Crippen MR) is 95.1 cm³/mol. The highest BCUT2D eigenvalue weighted by Crippen LogP contribution is 2.67. The van der Waals surface area contributed by atoms with Gasteiger partial charge in [-0.25, -0.2) is 11.6 Å². The molecule has 0 atom stereocenters. The zero-order valence-corrected chi connectivity index (χ0v) is 14.7. The number of hydrogen-bond donors (Lipinski definition) is 2. The standard InChI is InChI=1S/C18H16F3N7/c1-22-17(8-16(9-17)3-4-16)28-7-11(6-25-28)14-13-12(26-27-14)2-5-23-15(13)24-10-18(19,20)21/h2,5-7H,3-4,8-10H2,(H,23,24)(H,26,27). The first-order valence-electron chi connectivity index (χ1n) is 8.91. The number of alkyl halides is 3. The first-order chi connectivity index (χ1) is 13.3. The minimum atomic E-state index is -4.36. The van der Waals surface area contributed by atoms with E-state index in [4.69, 9.17) is 6.57 Å². The van der Waals surface area contributed by atoms with E-state index in [9.17, 15) is 13.2 Å². The molecule has 0 unspecified atom stereocenters. The summed E-state index contributed by atoms with van der Waals surface area (Å²) < 4.78 is 39.5. The Balaban J connectivity index is 1.50. The quantitative estimate of drug-likeness (QED) is 0.665. The van der Waals surface area contributed by atoms with Crippen LogP contribution in [0, 0.1) is 12.0 Å². The molecular weight excluding hydrogens is 371 g/mol. The van der Waals surface area contributed by atoms with Crippen molar-refractivity contribution in [2.45, 2.75) is 37.5 Å². The molecule has 3 aromatic heterocycles. The molecule has 2 aliphatic rings. The lowest BCUT2D eigenvalue weighted by molar-refractivity contribution is -0.115. The van der Waals surface area contributed by atoms with Gasteiger partial charge in [-0.3, -0.25) is 9.94 Å². The Morgan fingerprint density at radius 1 is 1.32 bits per heavy atom. The Hall–Kier alpha value is -3.09. The van der Waals surface area contributed by atoms with Gasteiger partial charge in [0.2, 0.25) is 0 Å². The average Bonchev–Trinajstić information content (AvgIpc) is 3.06. The first-order valence-corrected chi connectivity index (χ1v) is 8.91. The van der Waals surface area contributed by atoms with E-state index < -0.39 is 18.4 Å². The zero-order chi connectivity index (χ0) is 19.6. The summed E-state index contributed by atoms with van der Waals surface area (Å²) in [6.45, 7) is 6.44. The van der Waals surface area contributed by atoms with Gasteiger partial charge < -0.3 is 5.32 Å². The minimum absolute atomic E-state index is 0.104. The van der Waals surface area contributed by atoms with Crippen molar-refractivity contribution in [1.29, 1.82) is 0 Å². The number of H-pyrrole nitrogens is 1. The first kappa shape index (κ1) is 17.0. The second-order valence-corrected chi connectivity index (χ2v) is 7.74. The van der Waals surface area contributed by atoms with E-state index >= 15 is 0 Å². The Labute approximate surface area is 157 Å². The molecule has 5 rings (SSSR count). The molecule has 2 N–H and O–H groups in total. The van der Waals surface area contributed by atoms with Crippen molar-refractivity contribution in [3.8, 4) is 11.3 Å². The van der Waals surface area contributed by atoms with Gasteiger partial charge in [-0.05, 0) is 24.3 Å². The Bertz CT molecular complexity index is 1090. The third kappa shape index (κ3) is 2.61. The van der Waals surface area contributed by atoms with Crippen LogP contribution in [0.1, 0.15) is 25.7 Å². The van der Waals surface area contributed by atoms with Crippen molar-refractivity contribution in [3.05, 3.63) is 36.1 Å². The van der Waals surface area contributed by atoms with Crippen LogP contribution in [0.3, 0.4) is 0 Å². The smallest absolute Gasteiger partial charge is 0.361 e. The molecule has 0 aromatic carbocycles. The van der Waals surface area contributed by atoms with Crippen LogP contribution in [0.4, 0.5) is 19.0 Å². The SMILES string of the molecule is [C-]#[N+]C1(n2cc(-c3n[nH]c4ccnc(NCC(F)(F)F)c34)cn2)CC2(CC2)C1. The second kappa shape index (κ2) is 5.47. The number of aromatic amines is 1. The number of pyridine rings is 1. The number of aromatic nitrogens is 5. The molecule has 7 nitrogen and oxygen atoms in total. The topological polar surface area (TPSA) is 75.8 Å². The van der Waals surface area contributed by atoms with E-state index in [0.717, 1.165) is 12.8 Å². The Morgan fingerprint density at radius 2 is 2.11 bits per heavy atom. The summed E-state index contributed by atoms with van der Waals surface area (Å²) >= 11 is 0. The number of halogens is 3. The van der Waals surface area contributed by atoms with Crippen LogP contribution >= 0.6 is 0 Å². The van der Waals surface area contributed by atoms with Gasteiger partial charge >= 0.3 is 11.8 Å². The van der Waals surface area contributed by atoms with Crippen molar-refractivity contribution in [2.75, 3.05) is 11.9 Å². The molecule has 0 amide bonds. The van der Waals surface area contributed by atoms with Crippen LogP contribution in [0.15, 0.2) is 24.7 Å². The molecule has 3 aromatic rings. The highest BCUT2D eigenvalue weighted by molar-refractivity contribution is 6.00. The summed E-state index contributed by atoms with van der Waals surface area (Å²) in [5.41, 5.74) is 1.33. The van der Waals surface area contributed by atoms with Crippen LogP contribution < -0.4 is 5.32 Å². The maximum absolute atomic E-state index is 12.6. The zero-order valence-electron chi connectivity index (χ0n) is 14.7. The summed E-state index contributed by atoms with van der Waals surface area (Å²) in [4.78, 5) is 7.88. The lowest BCUT2D eigenvalue weighted by atomic mass is 9.71. The van der Waals surface area contributed by atoms with E-state index in [1.165, 1.54) is 19.0 Å². The monoisotopic (exact) mass is 387 g/mol. The van der Waals surface area contributed by atoms with Gasteiger partial charge in [-0.2, -0.15) is 28.1 Å². The lowest BCUT2D eigenvalue weighted by Crippen LogP contribution is -2.45. The molecule has 0 saturated heterocycles. The van der Waals surface area contributed by atoms with E-state index in [1.54, 1.807) is 23.1 Å². The molecule has 1 spiro atoms. The number of nitrogens with zero attached hydrogens (tertiary/aromatic N) is 5. The third-order valence-electron chi connectivity index (χ3n) is 5.70. The lowest BCUT2D eigenvalue weighted by Gasteiger charge is -2.38. The van der Waals surface area contributed by atoms with Crippen LogP contribution in [0.2, 0.25) is 0 Å². The second-order valence-electron chi connectivity index (χ2n) is 7.74. The number of fused-ring (bicyclic) bond motifs is 1. The van der Waals surface area contributed by atoms with Gasteiger partial charge in [0.1, 0.15) is 18.1 Å². The van der Waals surface area contributed by atoms with Crippen molar-refractivity contribution in [1.82, 2.24) is 25.0 Å². The summed E-state index contributed by atoms with van der Waals surface area (Å²) in [5, 5.41) is 14.3. The normalized spacial score (nSPS) is 19.4. The highest BCUT2D eigenvalue weighted by Gasteiger charge is 2.67. The van der Waals surface area contributed by atoms with Gasteiger partial charge in [0.15, 0.2) is 0 Å². The molecule has 10 heteroatoms. The maximum Gasteiger partial charge on any atom is 0.405 e.